The van der Waals surface area contributed by atoms with Gasteiger partial charge in [-0.15, -0.1) is 10.2 Å². The van der Waals surface area contributed by atoms with Gasteiger partial charge >= 0.3 is 0 Å². The minimum absolute atomic E-state index is 0.148. The summed E-state index contributed by atoms with van der Waals surface area (Å²) in [6, 6.07) is 20.0. The van der Waals surface area contributed by atoms with Crippen molar-refractivity contribution in [3.05, 3.63) is 107 Å². The summed E-state index contributed by atoms with van der Waals surface area (Å²) in [6.07, 6.45) is 0. The van der Waals surface area contributed by atoms with Gasteiger partial charge in [0.25, 0.3) is 11.1 Å². The molecule has 1 aromatic heterocycles. The molecule has 0 saturated heterocycles. The summed E-state index contributed by atoms with van der Waals surface area (Å²) in [5.74, 6) is 0.416. The first-order valence-corrected chi connectivity index (χ1v) is 10.1. The van der Waals surface area contributed by atoms with E-state index >= 15 is 0 Å². The van der Waals surface area contributed by atoms with E-state index in [1.807, 2.05) is 31.2 Å². The zero-order valence-electron chi connectivity index (χ0n) is 16.1. The molecule has 152 valence electrons. The zero-order chi connectivity index (χ0) is 20.9. The molecular weight excluding hydrogens is 406 g/mol. The molecule has 4 aromatic rings. The first-order valence-electron chi connectivity index (χ1n) is 9.26. The highest BCUT2D eigenvalue weighted by Crippen LogP contribution is 2.40. The van der Waals surface area contributed by atoms with Crippen LogP contribution in [0.5, 0.6) is 5.75 Å². The van der Waals surface area contributed by atoms with Crippen molar-refractivity contribution in [3.8, 4) is 5.75 Å². The van der Waals surface area contributed by atoms with Crippen LogP contribution in [0.15, 0.2) is 82.4 Å². The molecule has 0 spiro atoms. The monoisotopic (exact) mass is 424 g/mol. The number of benzene rings is 3. The second-order valence-corrected chi connectivity index (χ2v) is 7.72. The Kier molecular flexibility index (Phi) is 6.09. The van der Waals surface area contributed by atoms with Crippen LogP contribution in [0, 0.1) is 18.6 Å². The smallest absolute Gasteiger partial charge is 0.277 e. The largest absolute Gasteiger partial charge is 0.484 e. The molecule has 0 fully saturated rings. The summed E-state index contributed by atoms with van der Waals surface area (Å²) in [5.41, 5.74) is 2.77. The number of halogens is 2. The number of ether oxygens (including phenoxy) is 1. The molecule has 7 heteroatoms. The van der Waals surface area contributed by atoms with Crippen LogP contribution in [0.4, 0.5) is 8.78 Å². The van der Waals surface area contributed by atoms with Crippen molar-refractivity contribution in [2.24, 2.45) is 0 Å². The number of hydrogen-bond acceptors (Lipinski definition) is 5. The number of thioether (sulfide) groups is 1. The molecule has 0 aliphatic rings. The van der Waals surface area contributed by atoms with E-state index in [9.17, 15) is 8.78 Å². The molecule has 0 saturated carbocycles. The zero-order valence-corrected chi connectivity index (χ0v) is 16.9. The van der Waals surface area contributed by atoms with E-state index in [2.05, 4.69) is 10.2 Å². The number of hydrogen-bond donors (Lipinski definition) is 0. The fraction of sp³-hybridized carbons (Fsp3) is 0.130. The lowest BCUT2D eigenvalue weighted by atomic mass is 10.0. The first-order chi connectivity index (χ1) is 14.6. The van der Waals surface area contributed by atoms with Gasteiger partial charge in [-0.2, -0.15) is 0 Å². The van der Waals surface area contributed by atoms with Crippen molar-refractivity contribution in [1.29, 1.82) is 0 Å². The predicted molar refractivity (Wildman–Crippen MR) is 110 cm³/mol. The maximum Gasteiger partial charge on any atom is 0.277 e. The maximum atomic E-state index is 13.4. The summed E-state index contributed by atoms with van der Waals surface area (Å²) >= 11 is 1.31. The topological polar surface area (TPSA) is 48.2 Å². The Balaban J connectivity index is 1.51. The van der Waals surface area contributed by atoms with E-state index in [0.717, 1.165) is 22.4 Å². The lowest BCUT2D eigenvalue weighted by Gasteiger charge is -2.15. The molecule has 0 atom stereocenters. The lowest BCUT2D eigenvalue weighted by molar-refractivity contribution is 0.252. The van der Waals surface area contributed by atoms with Crippen LogP contribution in [-0.2, 0) is 6.61 Å². The number of rotatable bonds is 7. The van der Waals surface area contributed by atoms with Gasteiger partial charge in [-0.05, 0) is 60.0 Å². The van der Waals surface area contributed by atoms with Gasteiger partial charge in [0.1, 0.15) is 17.4 Å². The number of nitrogens with zero attached hydrogens (tertiary/aromatic N) is 2. The molecule has 30 heavy (non-hydrogen) atoms. The Hall–Kier alpha value is -3.19. The highest BCUT2D eigenvalue weighted by Gasteiger charge is 2.20. The summed E-state index contributed by atoms with van der Waals surface area (Å²) in [4.78, 5) is 0. The molecule has 4 rings (SSSR count). The molecule has 1 heterocycles. The average Bonchev–Trinajstić information content (AvgIpc) is 3.20. The second-order valence-electron chi connectivity index (χ2n) is 6.67. The molecule has 0 N–H and O–H groups in total. The van der Waals surface area contributed by atoms with Gasteiger partial charge in [0.15, 0.2) is 6.61 Å². The van der Waals surface area contributed by atoms with E-state index in [-0.39, 0.29) is 23.5 Å². The molecule has 0 bridgehead atoms. The quantitative estimate of drug-likeness (QED) is 0.335. The third-order valence-electron chi connectivity index (χ3n) is 4.36. The van der Waals surface area contributed by atoms with E-state index in [1.165, 1.54) is 36.0 Å². The molecular formula is C23H18F2N2O2S. The van der Waals surface area contributed by atoms with Crippen molar-refractivity contribution in [2.75, 3.05) is 0 Å². The van der Waals surface area contributed by atoms with Crippen molar-refractivity contribution in [3.63, 3.8) is 0 Å². The van der Waals surface area contributed by atoms with Gasteiger partial charge in [-0.3, -0.25) is 0 Å². The predicted octanol–water partition coefficient (Wildman–Crippen LogP) is 6.12. The van der Waals surface area contributed by atoms with Crippen LogP contribution in [0.25, 0.3) is 0 Å². The SMILES string of the molecule is Cc1cccc(OCc2nnc(SC(c3ccc(F)cc3)c3ccc(F)cc3)o2)c1. The summed E-state index contributed by atoms with van der Waals surface area (Å²) in [6.45, 7) is 2.13. The lowest BCUT2D eigenvalue weighted by Crippen LogP contribution is -1.97. The Morgan fingerprint density at radius 3 is 2.13 bits per heavy atom. The standard InChI is InChI=1S/C23H18F2N2O2S/c1-15-3-2-4-20(13-15)28-14-21-26-27-23(29-21)30-22(16-5-9-18(24)10-6-16)17-7-11-19(25)12-8-17/h2-13,22H,14H2,1H3. The van der Waals surface area contributed by atoms with Crippen LogP contribution in [0.2, 0.25) is 0 Å². The summed E-state index contributed by atoms with van der Waals surface area (Å²) in [5, 5.41) is 8.21. The maximum absolute atomic E-state index is 13.4. The summed E-state index contributed by atoms with van der Waals surface area (Å²) < 4.78 is 38.2. The van der Waals surface area contributed by atoms with Crippen molar-refractivity contribution in [1.82, 2.24) is 10.2 Å². The Morgan fingerprint density at radius 1 is 0.900 bits per heavy atom. The molecule has 3 aromatic carbocycles. The van der Waals surface area contributed by atoms with Crippen LogP contribution in [0.3, 0.4) is 0 Å². The number of aryl methyl sites for hydroxylation is 1. The van der Waals surface area contributed by atoms with E-state index in [4.69, 9.17) is 9.15 Å². The fourth-order valence-corrected chi connectivity index (χ4v) is 3.92. The normalized spacial score (nSPS) is 11.1. The van der Waals surface area contributed by atoms with Gasteiger partial charge < -0.3 is 9.15 Å². The molecule has 0 aliphatic carbocycles. The minimum Gasteiger partial charge on any atom is -0.484 e. The molecule has 4 nitrogen and oxygen atoms in total. The van der Waals surface area contributed by atoms with E-state index in [0.29, 0.717) is 11.1 Å². The fourth-order valence-electron chi connectivity index (χ4n) is 2.90. The van der Waals surface area contributed by atoms with Crippen molar-refractivity contribution < 1.29 is 17.9 Å². The van der Waals surface area contributed by atoms with Gasteiger partial charge in [0.05, 0.1) is 5.25 Å². The van der Waals surface area contributed by atoms with Crippen LogP contribution in [0.1, 0.15) is 27.8 Å². The van der Waals surface area contributed by atoms with Gasteiger partial charge in [-0.1, -0.05) is 48.2 Å². The molecule has 0 amide bonds. The molecule has 0 unspecified atom stereocenters. The number of aromatic nitrogens is 2. The van der Waals surface area contributed by atoms with Crippen molar-refractivity contribution in [2.45, 2.75) is 24.0 Å². The highest BCUT2D eigenvalue weighted by atomic mass is 32.2. The molecule has 0 aliphatic heterocycles. The van der Waals surface area contributed by atoms with Crippen LogP contribution < -0.4 is 4.74 Å². The van der Waals surface area contributed by atoms with E-state index in [1.54, 1.807) is 24.3 Å². The third-order valence-corrected chi connectivity index (χ3v) is 5.51. The van der Waals surface area contributed by atoms with Gasteiger partial charge in [0, 0.05) is 0 Å². The highest BCUT2D eigenvalue weighted by molar-refractivity contribution is 7.99. The Labute approximate surface area is 176 Å². The van der Waals surface area contributed by atoms with Crippen LogP contribution in [-0.4, -0.2) is 10.2 Å². The van der Waals surface area contributed by atoms with Crippen LogP contribution >= 0.6 is 11.8 Å². The second kappa shape index (κ2) is 9.09. The van der Waals surface area contributed by atoms with Gasteiger partial charge in [0.2, 0.25) is 0 Å². The van der Waals surface area contributed by atoms with Gasteiger partial charge in [-0.25, -0.2) is 8.78 Å². The Morgan fingerprint density at radius 2 is 1.53 bits per heavy atom. The third kappa shape index (κ3) is 5.04. The van der Waals surface area contributed by atoms with Crippen molar-refractivity contribution >= 4 is 11.8 Å². The average molecular weight is 424 g/mol. The molecule has 0 radical (unpaired) electrons. The first kappa shape index (κ1) is 20.1. The Bertz CT molecular complexity index is 1070. The minimum atomic E-state index is -0.324. The summed E-state index contributed by atoms with van der Waals surface area (Å²) in [7, 11) is 0. The van der Waals surface area contributed by atoms with E-state index < -0.39 is 0 Å².